The van der Waals surface area contributed by atoms with Gasteiger partial charge in [-0.25, -0.2) is 0 Å². The topological polar surface area (TPSA) is 57.6 Å². The molecule has 0 bridgehead atoms. The Bertz CT molecular complexity index is 523. The van der Waals surface area contributed by atoms with Crippen LogP contribution in [0.5, 0.6) is 0 Å². The smallest absolute Gasteiger partial charge is 0.306 e. The van der Waals surface area contributed by atoms with Gasteiger partial charge in [-0.05, 0) is 37.3 Å². The van der Waals surface area contributed by atoms with E-state index in [0.29, 0.717) is 19.5 Å². The fraction of sp³-hybridized carbons (Fsp3) is 0.600. The number of thiophene rings is 1. The van der Waals surface area contributed by atoms with Crippen LogP contribution >= 0.6 is 11.3 Å². The summed E-state index contributed by atoms with van der Waals surface area (Å²) >= 11 is 1.56. The molecule has 2 rings (SSSR count). The molecule has 1 amide bonds. The number of aryl methyl sites for hydroxylation is 2. The normalized spacial score (nSPS) is 22.9. The molecular weight excluding hydrogens is 274 g/mol. The molecule has 110 valence electrons. The lowest BCUT2D eigenvalue weighted by Crippen LogP contribution is -2.44. The number of amides is 1. The number of hydrogen-bond donors (Lipinski definition) is 1. The lowest BCUT2D eigenvalue weighted by molar-refractivity contribution is -0.145. The molecule has 4 nitrogen and oxygen atoms in total. The van der Waals surface area contributed by atoms with Crippen molar-refractivity contribution in [2.24, 2.45) is 11.8 Å². The third-order valence-corrected chi connectivity index (χ3v) is 5.43. The van der Waals surface area contributed by atoms with Crippen molar-refractivity contribution in [1.29, 1.82) is 0 Å². The zero-order chi connectivity index (χ0) is 14.9. The number of rotatable bonds is 3. The fourth-order valence-electron chi connectivity index (χ4n) is 2.83. The number of piperidine rings is 1. The molecule has 1 aliphatic heterocycles. The maximum absolute atomic E-state index is 12.5. The number of carboxylic acid groups (broad SMARTS) is 1. The van der Waals surface area contributed by atoms with Crippen LogP contribution in [0.15, 0.2) is 6.07 Å². The summed E-state index contributed by atoms with van der Waals surface area (Å²) < 4.78 is 0. The number of carbonyl (C=O) groups excluding carboxylic acids is 1. The Labute approximate surface area is 123 Å². The van der Waals surface area contributed by atoms with Gasteiger partial charge in [0.1, 0.15) is 0 Å². The zero-order valence-corrected chi connectivity index (χ0v) is 13.0. The molecule has 0 aromatic carbocycles. The predicted molar refractivity (Wildman–Crippen MR) is 79.2 cm³/mol. The van der Waals surface area contributed by atoms with E-state index in [4.69, 9.17) is 5.11 Å². The largest absolute Gasteiger partial charge is 0.481 e. The number of hydrogen-bond acceptors (Lipinski definition) is 3. The Hall–Kier alpha value is -1.36. The molecule has 0 aliphatic carbocycles. The highest BCUT2D eigenvalue weighted by Crippen LogP contribution is 2.28. The second-order valence-electron chi connectivity index (χ2n) is 5.53. The van der Waals surface area contributed by atoms with Gasteiger partial charge in [-0.2, -0.15) is 0 Å². The summed E-state index contributed by atoms with van der Waals surface area (Å²) in [5.41, 5.74) is 1.18. The molecule has 1 aromatic rings. The van der Waals surface area contributed by atoms with Gasteiger partial charge in [-0.3, -0.25) is 9.59 Å². The second kappa shape index (κ2) is 5.95. The third kappa shape index (κ3) is 2.87. The first-order valence-electron chi connectivity index (χ1n) is 7.05. The second-order valence-corrected chi connectivity index (χ2v) is 6.67. The van der Waals surface area contributed by atoms with E-state index in [1.807, 2.05) is 19.9 Å². The van der Waals surface area contributed by atoms with Crippen LogP contribution in [0.4, 0.5) is 0 Å². The van der Waals surface area contributed by atoms with Crippen LogP contribution in [0.3, 0.4) is 0 Å². The molecule has 2 heterocycles. The summed E-state index contributed by atoms with van der Waals surface area (Å²) in [5, 5.41) is 9.12. The van der Waals surface area contributed by atoms with E-state index in [-0.39, 0.29) is 17.7 Å². The maximum Gasteiger partial charge on any atom is 0.306 e. The van der Waals surface area contributed by atoms with Crippen molar-refractivity contribution in [2.45, 2.75) is 33.6 Å². The molecular formula is C15H21NO3S. The van der Waals surface area contributed by atoms with Crippen molar-refractivity contribution in [3.8, 4) is 0 Å². The van der Waals surface area contributed by atoms with Crippen LogP contribution in [0.1, 0.15) is 40.4 Å². The van der Waals surface area contributed by atoms with Gasteiger partial charge in [0.2, 0.25) is 0 Å². The minimum atomic E-state index is -0.746. The van der Waals surface area contributed by atoms with E-state index < -0.39 is 5.97 Å². The van der Waals surface area contributed by atoms with Crippen LogP contribution < -0.4 is 0 Å². The van der Waals surface area contributed by atoms with Gasteiger partial charge in [-0.15, -0.1) is 11.3 Å². The van der Waals surface area contributed by atoms with Crippen LogP contribution in [-0.2, 0) is 11.2 Å². The number of nitrogens with zero attached hydrogens (tertiary/aromatic N) is 1. The molecule has 20 heavy (non-hydrogen) atoms. The van der Waals surface area contributed by atoms with Crippen molar-refractivity contribution >= 4 is 23.2 Å². The van der Waals surface area contributed by atoms with E-state index in [1.165, 1.54) is 10.4 Å². The standard InChI is InChI=1S/C15H21NO3S/c1-4-12-9(2)7-13(20-12)14(17)16-6-5-11(15(18)19)10(3)8-16/h7,10-11H,4-6,8H2,1-3H3,(H,18,19). The highest BCUT2D eigenvalue weighted by Gasteiger charge is 2.33. The average Bonchev–Trinajstić information content (AvgIpc) is 2.78. The molecule has 1 aromatic heterocycles. The molecule has 0 radical (unpaired) electrons. The zero-order valence-electron chi connectivity index (χ0n) is 12.2. The van der Waals surface area contributed by atoms with Gasteiger partial charge in [0.05, 0.1) is 10.8 Å². The fourth-order valence-corrected chi connectivity index (χ4v) is 3.91. The minimum Gasteiger partial charge on any atom is -0.481 e. The summed E-state index contributed by atoms with van der Waals surface area (Å²) in [6.07, 6.45) is 1.49. The summed E-state index contributed by atoms with van der Waals surface area (Å²) in [7, 11) is 0. The quantitative estimate of drug-likeness (QED) is 0.933. The Kier molecular flexibility index (Phi) is 4.48. The number of carboxylic acids is 1. The first-order valence-corrected chi connectivity index (χ1v) is 7.87. The third-order valence-electron chi connectivity index (χ3n) is 4.06. The van der Waals surface area contributed by atoms with Gasteiger partial charge in [0, 0.05) is 18.0 Å². The highest BCUT2D eigenvalue weighted by atomic mass is 32.1. The average molecular weight is 295 g/mol. The molecule has 2 atom stereocenters. The number of aliphatic carboxylic acids is 1. The summed E-state index contributed by atoms with van der Waals surface area (Å²) in [4.78, 5) is 27.4. The molecule has 0 spiro atoms. The summed E-state index contributed by atoms with van der Waals surface area (Å²) in [5.74, 6) is -1.01. The first-order chi connectivity index (χ1) is 9.43. The molecule has 1 saturated heterocycles. The number of carbonyl (C=O) groups is 2. The monoisotopic (exact) mass is 295 g/mol. The molecule has 1 fully saturated rings. The first kappa shape index (κ1) is 15.0. The van der Waals surface area contributed by atoms with E-state index in [2.05, 4.69) is 6.92 Å². The molecule has 1 N–H and O–H groups in total. The Balaban J connectivity index is 2.09. The van der Waals surface area contributed by atoms with Crippen molar-refractivity contribution in [3.05, 3.63) is 21.4 Å². The van der Waals surface area contributed by atoms with Crippen molar-refractivity contribution < 1.29 is 14.7 Å². The Morgan fingerprint density at radius 1 is 1.50 bits per heavy atom. The predicted octanol–water partition coefficient (Wildman–Crippen LogP) is 2.80. The van der Waals surface area contributed by atoms with Crippen LogP contribution in [0.2, 0.25) is 0 Å². The van der Waals surface area contributed by atoms with Gasteiger partial charge >= 0.3 is 5.97 Å². The van der Waals surface area contributed by atoms with Crippen LogP contribution in [0.25, 0.3) is 0 Å². The van der Waals surface area contributed by atoms with Gasteiger partial charge in [0.15, 0.2) is 0 Å². The van der Waals surface area contributed by atoms with Gasteiger partial charge in [-0.1, -0.05) is 13.8 Å². The molecule has 1 aliphatic rings. The van der Waals surface area contributed by atoms with Crippen molar-refractivity contribution in [3.63, 3.8) is 0 Å². The molecule has 2 unspecified atom stereocenters. The maximum atomic E-state index is 12.5. The summed E-state index contributed by atoms with van der Waals surface area (Å²) in [6.45, 7) is 7.11. The van der Waals surface area contributed by atoms with Gasteiger partial charge < -0.3 is 10.0 Å². The Morgan fingerprint density at radius 3 is 2.70 bits per heavy atom. The highest BCUT2D eigenvalue weighted by molar-refractivity contribution is 7.14. The van der Waals surface area contributed by atoms with Crippen molar-refractivity contribution in [1.82, 2.24) is 4.90 Å². The number of likely N-dealkylation sites (tertiary alicyclic amines) is 1. The van der Waals surface area contributed by atoms with E-state index in [0.717, 1.165) is 11.3 Å². The van der Waals surface area contributed by atoms with Crippen molar-refractivity contribution in [2.75, 3.05) is 13.1 Å². The Morgan fingerprint density at radius 2 is 2.20 bits per heavy atom. The van der Waals surface area contributed by atoms with Gasteiger partial charge in [0.25, 0.3) is 5.91 Å². The lowest BCUT2D eigenvalue weighted by Gasteiger charge is -2.34. The minimum absolute atomic E-state index is 0.0110. The summed E-state index contributed by atoms with van der Waals surface area (Å²) in [6, 6.07) is 1.96. The van der Waals surface area contributed by atoms with E-state index in [1.54, 1.807) is 16.2 Å². The molecule has 5 heteroatoms. The van der Waals surface area contributed by atoms with E-state index in [9.17, 15) is 9.59 Å². The SMILES string of the molecule is CCc1sc(C(=O)N2CCC(C(=O)O)C(C)C2)cc1C. The van der Waals surface area contributed by atoms with Crippen LogP contribution in [-0.4, -0.2) is 35.0 Å². The van der Waals surface area contributed by atoms with Crippen LogP contribution in [0, 0.1) is 18.8 Å². The van der Waals surface area contributed by atoms with E-state index >= 15 is 0 Å². The molecule has 0 saturated carbocycles. The lowest BCUT2D eigenvalue weighted by atomic mass is 9.87.